The van der Waals surface area contributed by atoms with Crippen LogP contribution in [0.25, 0.3) is 0 Å². The Balaban J connectivity index is 4.39. The van der Waals surface area contributed by atoms with Crippen molar-refractivity contribution < 1.29 is 0 Å². The molecule has 0 aromatic heterocycles. The topological polar surface area (TPSA) is 39.7 Å². The monoisotopic (exact) mass is 198 g/mol. The lowest BCUT2D eigenvalue weighted by Crippen LogP contribution is -2.28. The molecule has 0 aromatic rings. The Hall–Kier alpha value is -1.03. The highest BCUT2D eigenvalue weighted by atomic mass is 15.3. The van der Waals surface area contributed by atoms with E-state index >= 15 is 0 Å². The van der Waals surface area contributed by atoms with Crippen LogP contribution in [-0.4, -0.2) is 37.9 Å². The van der Waals surface area contributed by atoms with Crippen molar-refractivity contribution in [3.63, 3.8) is 0 Å². The molecule has 0 unspecified atom stereocenters. The van der Waals surface area contributed by atoms with Gasteiger partial charge in [-0.2, -0.15) is 0 Å². The molecule has 0 rings (SSSR count). The fourth-order valence-corrected chi connectivity index (χ4v) is 1.06. The Morgan fingerprint density at radius 2 is 1.93 bits per heavy atom. The van der Waals surface area contributed by atoms with E-state index in [1.54, 1.807) is 0 Å². The summed E-state index contributed by atoms with van der Waals surface area (Å²) in [6, 6.07) is 0. The molecule has 2 N–H and O–H groups in total. The van der Waals surface area contributed by atoms with Gasteiger partial charge in [0.15, 0.2) is 0 Å². The van der Waals surface area contributed by atoms with Gasteiger partial charge in [0.2, 0.25) is 0 Å². The molecular weight excluding hydrogens is 176 g/mol. The van der Waals surface area contributed by atoms with Gasteiger partial charge in [-0.15, -0.1) is 0 Å². The van der Waals surface area contributed by atoms with Crippen molar-refractivity contribution in [1.82, 2.24) is 15.8 Å². The molecule has 0 bridgehead atoms. The third-order valence-electron chi connectivity index (χ3n) is 1.51. The maximum absolute atomic E-state index is 4.43. The zero-order valence-electron chi connectivity index (χ0n) is 10.0. The molecule has 0 aliphatic heterocycles. The molecule has 0 fully saturated rings. The Morgan fingerprint density at radius 3 is 2.36 bits per heavy atom. The zero-order valence-corrected chi connectivity index (χ0v) is 10.0. The zero-order chi connectivity index (χ0) is 11.2. The highest BCUT2D eigenvalue weighted by Gasteiger charge is 2.11. The first-order valence-corrected chi connectivity index (χ1v) is 4.71. The first kappa shape index (κ1) is 13.0. The van der Waals surface area contributed by atoms with Crippen LogP contribution in [0.2, 0.25) is 0 Å². The summed E-state index contributed by atoms with van der Waals surface area (Å²) in [6.45, 7) is 6.13. The molecule has 0 saturated carbocycles. The summed E-state index contributed by atoms with van der Waals surface area (Å²) in [7, 11) is 5.76. The highest BCUT2D eigenvalue weighted by molar-refractivity contribution is 5.55. The van der Waals surface area contributed by atoms with Gasteiger partial charge >= 0.3 is 0 Å². The first-order valence-electron chi connectivity index (χ1n) is 4.71. The van der Waals surface area contributed by atoms with E-state index < -0.39 is 0 Å². The summed E-state index contributed by atoms with van der Waals surface area (Å²) in [5.41, 5.74) is 6.77. The molecule has 0 amide bonds. The van der Waals surface area contributed by atoms with Gasteiger partial charge in [0.05, 0.1) is 11.9 Å². The van der Waals surface area contributed by atoms with Gasteiger partial charge in [-0.25, -0.2) is 5.43 Å². The lowest BCUT2D eigenvalue weighted by molar-refractivity contribution is 0.590. The van der Waals surface area contributed by atoms with Gasteiger partial charge in [0, 0.05) is 26.8 Å². The number of aliphatic imine (C=N–C) groups is 1. The SMILES string of the molecule is CNN/C(C)=C/C(C)(C)N=CN(C)C. The maximum Gasteiger partial charge on any atom is 0.0855 e. The largest absolute Gasteiger partial charge is 0.369 e. The smallest absolute Gasteiger partial charge is 0.0855 e. The minimum absolute atomic E-state index is 0.182. The lowest BCUT2D eigenvalue weighted by atomic mass is 10.1. The van der Waals surface area contributed by atoms with E-state index in [0.29, 0.717) is 0 Å². The highest BCUT2D eigenvalue weighted by Crippen LogP contribution is 2.11. The number of allylic oxidation sites excluding steroid dienone is 1. The van der Waals surface area contributed by atoms with E-state index in [1.165, 1.54) is 0 Å². The minimum Gasteiger partial charge on any atom is -0.369 e. The van der Waals surface area contributed by atoms with Crippen molar-refractivity contribution in [2.45, 2.75) is 26.3 Å². The Bertz CT molecular complexity index is 216. The molecule has 4 nitrogen and oxygen atoms in total. The average Bonchev–Trinajstić information content (AvgIpc) is 2.00. The minimum atomic E-state index is -0.182. The summed E-state index contributed by atoms with van der Waals surface area (Å²) in [6.07, 6.45) is 3.90. The van der Waals surface area contributed by atoms with Gasteiger partial charge in [-0.1, -0.05) is 0 Å². The molecule has 0 saturated heterocycles. The maximum atomic E-state index is 4.43. The Labute approximate surface area is 87.1 Å². The van der Waals surface area contributed by atoms with E-state index in [2.05, 4.69) is 35.8 Å². The van der Waals surface area contributed by atoms with Crippen molar-refractivity contribution >= 4 is 6.34 Å². The van der Waals surface area contributed by atoms with Crippen LogP contribution in [0.1, 0.15) is 20.8 Å². The van der Waals surface area contributed by atoms with Gasteiger partial charge < -0.3 is 10.3 Å². The molecule has 82 valence electrons. The van der Waals surface area contributed by atoms with Crippen LogP contribution in [-0.2, 0) is 0 Å². The second-order valence-corrected chi connectivity index (χ2v) is 4.06. The van der Waals surface area contributed by atoms with Crippen LogP contribution in [0.4, 0.5) is 0 Å². The molecular formula is C10H22N4. The molecule has 0 aromatic carbocycles. The molecule has 0 aliphatic carbocycles. The molecule has 14 heavy (non-hydrogen) atoms. The van der Waals surface area contributed by atoms with Crippen molar-refractivity contribution in [2.24, 2.45) is 4.99 Å². The first-order chi connectivity index (χ1) is 6.37. The van der Waals surface area contributed by atoms with E-state index in [1.807, 2.05) is 39.3 Å². The van der Waals surface area contributed by atoms with Gasteiger partial charge in [-0.05, 0) is 26.8 Å². The number of nitrogens with one attached hydrogen (secondary N) is 2. The third-order valence-corrected chi connectivity index (χ3v) is 1.51. The third kappa shape index (κ3) is 6.48. The normalized spacial score (nSPS) is 13.4. The number of hydrogen-bond donors (Lipinski definition) is 2. The fourth-order valence-electron chi connectivity index (χ4n) is 1.06. The summed E-state index contributed by atoms with van der Waals surface area (Å²) in [5, 5.41) is 0. The van der Waals surface area contributed by atoms with Crippen LogP contribution in [0, 0.1) is 0 Å². The second-order valence-electron chi connectivity index (χ2n) is 4.06. The summed E-state index contributed by atoms with van der Waals surface area (Å²) < 4.78 is 0. The van der Waals surface area contributed by atoms with Crippen molar-refractivity contribution in [1.29, 1.82) is 0 Å². The molecule has 0 radical (unpaired) electrons. The van der Waals surface area contributed by atoms with Crippen molar-refractivity contribution in [3.05, 3.63) is 11.8 Å². The van der Waals surface area contributed by atoms with Crippen LogP contribution in [0.5, 0.6) is 0 Å². The summed E-state index contributed by atoms with van der Waals surface area (Å²) in [5.74, 6) is 0. The van der Waals surface area contributed by atoms with Crippen molar-refractivity contribution in [2.75, 3.05) is 21.1 Å². The van der Waals surface area contributed by atoms with Crippen LogP contribution < -0.4 is 10.9 Å². The molecule has 0 aliphatic rings. The Kier molecular flexibility index (Phi) is 5.23. The van der Waals surface area contributed by atoms with Gasteiger partial charge in [0.1, 0.15) is 0 Å². The standard InChI is InChI=1S/C10H22N4/c1-9(13-11-4)7-10(2,3)12-8-14(5)6/h7-8,11,13H,1-6H3/b9-7+,12-8?. The lowest BCUT2D eigenvalue weighted by Gasteiger charge is -2.17. The molecule has 0 atom stereocenters. The van der Waals surface area contributed by atoms with E-state index in [-0.39, 0.29) is 5.54 Å². The predicted molar refractivity (Wildman–Crippen MR) is 62.2 cm³/mol. The van der Waals surface area contributed by atoms with Gasteiger partial charge in [0.25, 0.3) is 0 Å². The number of hydrogen-bond acceptors (Lipinski definition) is 3. The molecule has 4 heteroatoms. The van der Waals surface area contributed by atoms with Crippen LogP contribution in [0.15, 0.2) is 16.8 Å². The molecule has 0 heterocycles. The van der Waals surface area contributed by atoms with Gasteiger partial charge in [-0.3, -0.25) is 4.99 Å². The quantitative estimate of drug-likeness (QED) is 0.393. The second kappa shape index (κ2) is 5.65. The van der Waals surface area contributed by atoms with E-state index in [4.69, 9.17) is 0 Å². The van der Waals surface area contributed by atoms with Crippen molar-refractivity contribution in [3.8, 4) is 0 Å². The van der Waals surface area contributed by atoms with E-state index in [9.17, 15) is 0 Å². The predicted octanol–water partition coefficient (Wildman–Crippen LogP) is 0.983. The summed E-state index contributed by atoms with van der Waals surface area (Å²) in [4.78, 5) is 6.36. The molecule has 0 spiro atoms. The fraction of sp³-hybridized carbons (Fsp3) is 0.700. The van der Waals surface area contributed by atoms with E-state index in [0.717, 1.165) is 5.70 Å². The Morgan fingerprint density at radius 1 is 1.36 bits per heavy atom. The number of rotatable bonds is 5. The van der Waals surface area contributed by atoms with Crippen LogP contribution >= 0.6 is 0 Å². The summed E-state index contributed by atoms with van der Waals surface area (Å²) >= 11 is 0. The number of hydrazine groups is 1. The average molecular weight is 198 g/mol. The van der Waals surface area contributed by atoms with Crippen LogP contribution in [0.3, 0.4) is 0 Å². The number of nitrogens with zero attached hydrogens (tertiary/aromatic N) is 2.